The Bertz CT molecular complexity index is 166. The second-order valence-corrected chi connectivity index (χ2v) is 4.17. The molecule has 1 fully saturated rings. The van der Waals surface area contributed by atoms with E-state index in [1.54, 1.807) is 7.11 Å². The first-order valence-corrected chi connectivity index (χ1v) is 5.81. The van der Waals surface area contributed by atoms with Crippen molar-refractivity contribution < 1.29 is 14.9 Å². The van der Waals surface area contributed by atoms with Crippen molar-refractivity contribution in [3.8, 4) is 0 Å². The number of methoxy groups -OCH3 is 1. The van der Waals surface area contributed by atoms with Gasteiger partial charge in [-0.25, -0.2) is 0 Å². The van der Waals surface area contributed by atoms with Gasteiger partial charge in [-0.1, -0.05) is 12.8 Å². The summed E-state index contributed by atoms with van der Waals surface area (Å²) >= 11 is 0. The number of aliphatic hydroxyl groups excluding tert-OH is 2. The number of hydrogen-bond acceptors (Lipinski definition) is 4. The topological polar surface area (TPSA) is 52.9 Å². The lowest BCUT2D eigenvalue weighted by Gasteiger charge is -2.37. The molecule has 15 heavy (non-hydrogen) atoms. The van der Waals surface area contributed by atoms with Gasteiger partial charge in [0.05, 0.1) is 19.3 Å². The SMILES string of the molecule is COCCN(CCO)[C@H]1CCCC[C@@H]1O. The van der Waals surface area contributed by atoms with Crippen molar-refractivity contribution in [1.29, 1.82) is 0 Å². The van der Waals surface area contributed by atoms with Crippen molar-refractivity contribution in [2.45, 2.75) is 37.8 Å². The van der Waals surface area contributed by atoms with Gasteiger partial charge >= 0.3 is 0 Å². The van der Waals surface area contributed by atoms with E-state index in [-0.39, 0.29) is 18.8 Å². The van der Waals surface area contributed by atoms with E-state index in [1.807, 2.05) is 0 Å². The fourth-order valence-electron chi connectivity index (χ4n) is 2.30. The molecule has 0 amide bonds. The highest BCUT2D eigenvalue weighted by Crippen LogP contribution is 2.22. The smallest absolute Gasteiger partial charge is 0.0695 e. The molecule has 2 N–H and O–H groups in total. The van der Waals surface area contributed by atoms with Crippen LogP contribution in [-0.2, 0) is 4.74 Å². The van der Waals surface area contributed by atoms with Crippen LogP contribution in [0.1, 0.15) is 25.7 Å². The zero-order chi connectivity index (χ0) is 11.1. The lowest BCUT2D eigenvalue weighted by Crippen LogP contribution is -2.47. The number of rotatable bonds is 6. The van der Waals surface area contributed by atoms with Gasteiger partial charge in [-0.05, 0) is 12.8 Å². The molecule has 1 aliphatic rings. The molecule has 0 bridgehead atoms. The summed E-state index contributed by atoms with van der Waals surface area (Å²) in [7, 11) is 1.68. The largest absolute Gasteiger partial charge is 0.395 e. The van der Waals surface area contributed by atoms with Crippen LogP contribution in [-0.4, -0.2) is 60.7 Å². The quantitative estimate of drug-likeness (QED) is 0.669. The van der Waals surface area contributed by atoms with E-state index in [4.69, 9.17) is 9.84 Å². The molecule has 90 valence electrons. The lowest BCUT2D eigenvalue weighted by atomic mass is 9.91. The molecule has 4 nitrogen and oxygen atoms in total. The standard InChI is InChI=1S/C11H23NO3/c1-15-9-7-12(6-8-13)10-4-2-3-5-11(10)14/h10-11,13-14H,2-9H2,1H3/t10-,11-/m0/s1. The van der Waals surface area contributed by atoms with Gasteiger partial charge in [-0.3, -0.25) is 4.90 Å². The number of hydrogen-bond donors (Lipinski definition) is 2. The molecule has 0 aromatic carbocycles. The fraction of sp³-hybridized carbons (Fsp3) is 1.00. The average molecular weight is 217 g/mol. The first kappa shape index (κ1) is 12.9. The summed E-state index contributed by atoms with van der Waals surface area (Å²) in [5, 5.41) is 18.9. The molecule has 0 spiro atoms. The zero-order valence-corrected chi connectivity index (χ0v) is 9.56. The van der Waals surface area contributed by atoms with Gasteiger partial charge in [-0.2, -0.15) is 0 Å². The van der Waals surface area contributed by atoms with Gasteiger partial charge in [0.25, 0.3) is 0 Å². The van der Waals surface area contributed by atoms with Crippen molar-refractivity contribution in [3.63, 3.8) is 0 Å². The molecular formula is C11H23NO3. The maximum Gasteiger partial charge on any atom is 0.0695 e. The minimum absolute atomic E-state index is 0.146. The maximum atomic E-state index is 9.90. The van der Waals surface area contributed by atoms with E-state index >= 15 is 0 Å². The highest BCUT2D eigenvalue weighted by atomic mass is 16.5. The summed E-state index contributed by atoms with van der Waals surface area (Å²) in [5.74, 6) is 0. The molecule has 0 unspecified atom stereocenters. The van der Waals surface area contributed by atoms with E-state index in [9.17, 15) is 5.11 Å². The Balaban J connectivity index is 2.44. The fourth-order valence-corrected chi connectivity index (χ4v) is 2.30. The van der Waals surface area contributed by atoms with Crippen LogP contribution in [0.2, 0.25) is 0 Å². The molecule has 0 radical (unpaired) electrons. The van der Waals surface area contributed by atoms with Gasteiger partial charge in [0.2, 0.25) is 0 Å². The van der Waals surface area contributed by atoms with Crippen LogP contribution in [0.25, 0.3) is 0 Å². The molecule has 4 heteroatoms. The third-order valence-electron chi connectivity index (χ3n) is 3.13. The number of aliphatic hydroxyl groups is 2. The molecular weight excluding hydrogens is 194 g/mol. The van der Waals surface area contributed by atoms with Crippen LogP contribution in [0.5, 0.6) is 0 Å². The summed E-state index contributed by atoms with van der Waals surface area (Å²) in [6.45, 7) is 2.22. The molecule has 0 aliphatic heterocycles. The second-order valence-electron chi connectivity index (χ2n) is 4.17. The van der Waals surface area contributed by atoms with E-state index < -0.39 is 0 Å². The molecule has 0 aromatic rings. The van der Waals surface area contributed by atoms with E-state index in [0.717, 1.165) is 25.8 Å². The number of ether oxygens (including phenoxy) is 1. The summed E-state index contributed by atoms with van der Waals surface area (Å²) in [6.07, 6.45) is 3.98. The van der Waals surface area contributed by atoms with Gasteiger partial charge in [-0.15, -0.1) is 0 Å². The summed E-state index contributed by atoms with van der Waals surface area (Å²) < 4.78 is 5.04. The van der Waals surface area contributed by atoms with E-state index in [2.05, 4.69) is 4.90 Å². The molecule has 1 saturated carbocycles. The molecule has 0 heterocycles. The van der Waals surface area contributed by atoms with Gasteiger partial charge in [0.15, 0.2) is 0 Å². The van der Waals surface area contributed by atoms with Gasteiger partial charge < -0.3 is 14.9 Å². The normalized spacial score (nSPS) is 27.2. The summed E-state index contributed by atoms with van der Waals surface area (Å²) in [4.78, 5) is 2.15. The molecule has 0 aromatic heterocycles. The van der Waals surface area contributed by atoms with Crippen molar-refractivity contribution >= 4 is 0 Å². The Labute approximate surface area is 91.8 Å². The maximum absolute atomic E-state index is 9.90. The lowest BCUT2D eigenvalue weighted by molar-refractivity contribution is 0.00234. The molecule has 1 aliphatic carbocycles. The minimum atomic E-state index is -0.234. The summed E-state index contributed by atoms with van der Waals surface area (Å²) in [5.41, 5.74) is 0. The van der Waals surface area contributed by atoms with Crippen LogP contribution in [0.4, 0.5) is 0 Å². The first-order chi connectivity index (χ1) is 7.29. The van der Waals surface area contributed by atoms with Crippen molar-refractivity contribution in [3.05, 3.63) is 0 Å². The summed E-state index contributed by atoms with van der Waals surface area (Å²) in [6, 6.07) is 0.209. The Morgan fingerprint density at radius 2 is 2.00 bits per heavy atom. The van der Waals surface area contributed by atoms with Crippen LogP contribution in [0.3, 0.4) is 0 Å². The third kappa shape index (κ3) is 4.07. The van der Waals surface area contributed by atoms with Crippen molar-refractivity contribution in [2.24, 2.45) is 0 Å². The Hall–Kier alpha value is -0.160. The Morgan fingerprint density at radius 3 is 2.60 bits per heavy atom. The molecule has 0 saturated heterocycles. The number of nitrogens with zero attached hydrogens (tertiary/aromatic N) is 1. The van der Waals surface area contributed by atoms with Crippen LogP contribution >= 0.6 is 0 Å². The predicted octanol–water partition coefficient (Wildman–Crippen LogP) is 0.231. The Kier molecular flexibility index (Phi) is 6.17. The monoisotopic (exact) mass is 217 g/mol. The highest BCUT2D eigenvalue weighted by Gasteiger charge is 2.27. The predicted molar refractivity (Wildman–Crippen MR) is 58.8 cm³/mol. The average Bonchev–Trinajstić information content (AvgIpc) is 2.25. The molecule has 2 atom stereocenters. The van der Waals surface area contributed by atoms with Crippen molar-refractivity contribution in [1.82, 2.24) is 4.90 Å². The molecule has 1 rings (SSSR count). The Morgan fingerprint density at radius 1 is 1.27 bits per heavy atom. The van der Waals surface area contributed by atoms with Gasteiger partial charge in [0.1, 0.15) is 0 Å². The van der Waals surface area contributed by atoms with Crippen LogP contribution in [0, 0.1) is 0 Å². The second kappa shape index (κ2) is 7.17. The minimum Gasteiger partial charge on any atom is -0.395 e. The van der Waals surface area contributed by atoms with E-state index in [1.165, 1.54) is 6.42 Å². The highest BCUT2D eigenvalue weighted by molar-refractivity contribution is 4.82. The van der Waals surface area contributed by atoms with Gasteiger partial charge in [0, 0.05) is 26.2 Å². The van der Waals surface area contributed by atoms with Crippen molar-refractivity contribution in [2.75, 3.05) is 33.4 Å². The first-order valence-electron chi connectivity index (χ1n) is 5.81. The van der Waals surface area contributed by atoms with Crippen LogP contribution < -0.4 is 0 Å². The van der Waals surface area contributed by atoms with Crippen LogP contribution in [0.15, 0.2) is 0 Å². The van der Waals surface area contributed by atoms with E-state index in [0.29, 0.717) is 13.2 Å². The zero-order valence-electron chi connectivity index (χ0n) is 9.56. The third-order valence-corrected chi connectivity index (χ3v) is 3.13.